The fraction of sp³-hybridized carbons (Fsp3) is 0.923. The van der Waals surface area contributed by atoms with Gasteiger partial charge in [0.25, 0.3) is 0 Å². The second kappa shape index (κ2) is 5.28. The highest BCUT2D eigenvalue weighted by Gasteiger charge is 2.34. The molecule has 0 aliphatic carbocycles. The average molecular weight is 227 g/mol. The van der Waals surface area contributed by atoms with Crippen LogP contribution in [0, 0.1) is 10.8 Å². The van der Waals surface area contributed by atoms with Gasteiger partial charge < -0.3 is 14.4 Å². The van der Waals surface area contributed by atoms with E-state index in [4.69, 9.17) is 4.74 Å². The molecule has 94 valence electrons. The van der Waals surface area contributed by atoms with Crippen molar-refractivity contribution >= 4 is 6.29 Å². The van der Waals surface area contributed by atoms with E-state index in [0.717, 1.165) is 45.4 Å². The van der Waals surface area contributed by atoms with Gasteiger partial charge in [0.2, 0.25) is 0 Å². The molecule has 3 heteroatoms. The SMILES string of the molecule is CN(CC(C)(C)C)CC1(C=O)CCOCC1. The fourth-order valence-corrected chi connectivity index (χ4v) is 2.49. The molecule has 16 heavy (non-hydrogen) atoms. The molecule has 0 spiro atoms. The number of carbonyl (C=O) groups excluding carboxylic acids is 1. The summed E-state index contributed by atoms with van der Waals surface area (Å²) < 4.78 is 5.33. The summed E-state index contributed by atoms with van der Waals surface area (Å²) >= 11 is 0. The summed E-state index contributed by atoms with van der Waals surface area (Å²) in [4.78, 5) is 13.6. The predicted octanol–water partition coefficient (Wildman–Crippen LogP) is 1.96. The summed E-state index contributed by atoms with van der Waals surface area (Å²) in [5.41, 5.74) is 0.113. The summed E-state index contributed by atoms with van der Waals surface area (Å²) in [5.74, 6) is 0. The third kappa shape index (κ3) is 4.22. The van der Waals surface area contributed by atoms with E-state index in [0.29, 0.717) is 0 Å². The molecule has 0 saturated carbocycles. The molecule has 0 atom stereocenters. The molecular weight excluding hydrogens is 202 g/mol. The predicted molar refractivity (Wildman–Crippen MR) is 65.5 cm³/mol. The molecule has 3 nitrogen and oxygen atoms in total. The molecule has 0 radical (unpaired) electrons. The second-order valence-electron chi connectivity index (χ2n) is 6.33. The van der Waals surface area contributed by atoms with Gasteiger partial charge >= 0.3 is 0 Å². The number of hydrogen-bond donors (Lipinski definition) is 0. The van der Waals surface area contributed by atoms with Crippen LogP contribution in [0.3, 0.4) is 0 Å². The number of rotatable bonds is 4. The first-order valence-corrected chi connectivity index (χ1v) is 6.10. The minimum absolute atomic E-state index is 0.168. The lowest BCUT2D eigenvalue weighted by Crippen LogP contribution is -2.43. The molecule has 0 bridgehead atoms. The van der Waals surface area contributed by atoms with Crippen LogP contribution in [0.2, 0.25) is 0 Å². The topological polar surface area (TPSA) is 29.5 Å². The number of nitrogens with zero attached hydrogens (tertiary/aromatic N) is 1. The maximum absolute atomic E-state index is 11.3. The standard InChI is InChI=1S/C13H25NO2/c1-12(2,3)9-14(4)10-13(11-15)5-7-16-8-6-13/h11H,5-10H2,1-4H3. The van der Waals surface area contributed by atoms with Crippen LogP contribution in [0.1, 0.15) is 33.6 Å². The number of hydrogen-bond acceptors (Lipinski definition) is 3. The van der Waals surface area contributed by atoms with Crippen molar-refractivity contribution in [3.8, 4) is 0 Å². The van der Waals surface area contributed by atoms with E-state index in [2.05, 4.69) is 32.7 Å². The van der Waals surface area contributed by atoms with E-state index in [1.165, 1.54) is 0 Å². The quantitative estimate of drug-likeness (QED) is 0.688. The van der Waals surface area contributed by atoms with Crippen LogP contribution >= 0.6 is 0 Å². The Bertz CT molecular complexity index is 227. The zero-order chi connectivity index (χ0) is 12.2. The van der Waals surface area contributed by atoms with E-state index in [-0.39, 0.29) is 10.8 Å². The summed E-state index contributed by atoms with van der Waals surface area (Å²) in [6, 6.07) is 0. The molecule has 1 aliphatic rings. The van der Waals surface area contributed by atoms with Crippen molar-refractivity contribution in [1.82, 2.24) is 4.90 Å². The van der Waals surface area contributed by atoms with Crippen molar-refractivity contribution < 1.29 is 9.53 Å². The Labute approximate surface area is 99.1 Å². The van der Waals surface area contributed by atoms with Crippen LogP contribution in [-0.2, 0) is 9.53 Å². The van der Waals surface area contributed by atoms with Crippen LogP contribution in [0.4, 0.5) is 0 Å². The smallest absolute Gasteiger partial charge is 0.127 e. The van der Waals surface area contributed by atoms with Crippen LogP contribution in [0.5, 0.6) is 0 Å². The molecular formula is C13H25NO2. The van der Waals surface area contributed by atoms with Gasteiger partial charge in [-0.2, -0.15) is 0 Å². The largest absolute Gasteiger partial charge is 0.381 e. The molecule has 1 fully saturated rings. The molecule has 0 aromatic rings. The maximum Gasteiger partial charge on any atom is 0.127 e. The zero-order valence-electron chi connectivity index (χ0n) is 11.1. The van der Waals surface area contributed by atoms with E-state index < -0.39 is 0 Å². The lowest BCUT2D eigenvalue weighted by Gasteiger charge is -2.37. The van der Waals surface area contributed by atoms with Crippen LogP contribution in [0.25, 0.3) is 0 Å². The summed E-state index contributed by atoms with van der Waals surface area (Å²) in [7, 11) is 2.10. The van der Waals surface area contributed by atoms with Crippen molar-refractivity contribution in [2.24, 2.45) is 10.8 Å². The first kappa shape index (κ1) is 13.7. The van der Waals surface area contributed by atoms with Crippen molar-refractivity contribution in [2.75, 3.05) is 33.4 Å². The Balaban J connectivity index is 2.52. The molecule has 0 aromatic heterocycles. The van der Waals surface area contributed by atoms with Gasteiger partial charge in [-0.1, -0.05) is 20.8 Å². The van der Waals surface area contributed by atoms with E-state index >= 15 is 0 Å². The third-order valence-corrected chi connectivity index (χ3v) is 3.07. The van der Waals surface area contributed by atoms with E-state index in [9.17, 15) is 4.79 Å². The maximum atomic E-state index is 11.3. The minimum Gasteiger partial charge on any atom is -0.381 e. The van der Waals surface area contributed by atoms with Crippen molar-refractivity contribution in [3.63, 3.8) is 0 Å². The van der Waals surface area contributed by atoms with Crippen LogP contribution < -0.4 is 0 Å². The Morgan fingerprint density at radius 1 is 1.31 bits per heavy atom. The number of aldehydes is 1. The average Bonchev–Trinajstić information content (AvgIpc) is 2.16. The Morgan fingerprint density at radius 2 is 1.88 bits per heavy atom. The molecule has 0 amide bonds. The molecule has 0 N–H and O–H groups in total. The van der Waals surface area contributed by atoms with Gasteiger partial charge in [-0.05, 0) is 25.3 Å². The summed E-state index contributed by atoms with van der Waals surface area (Å²) in [5, 5.41) is 0. The highest BCUT2D eigenvalue weighted by atomic mass is 16.5. The zero-order valence-corrected chi connectivity index (χ0v) is 11.1. The summed E-state index contributed by atoms with van der Waals surface area (Å²) in [6.07, 6.45) is 2.88. The first-order chi connectivity index (χ1) is 7.37. The van der Waals surface area contributed by atoms with Gasteiger partial charge in [0.1, 0.15) is 6.29 Å². The minimum atomic E-state index is -0.168. The molecule has 1 aliphatic heterocycles. The van der Waals surface area contributed by atoms with Gasteiger partial charge in [-0.3, -0.25) is 0 Å². The van der Waals surface area contributed by atoms with Gasteiger partial charge in [0, 0.05) is 31.7 Å². The van der Waals surface area contributed by atoms with E-state index in [1.54, 1.807) is 0 Å². The van der Waals surface area contributed by atoms with Crippen LogP contribution in [-0.4, -0.2) is 44.5 Å². The van der Waals surface area contributed by atoms with Crippen LogP contribution in [0.15, 0.2) is 0 Å². The highest BCUT2D eigenvalue weighted by Crippen LogP contribution is 2.29. The summed E-state index contributed by atoms with van der Waals surface area (Å²) in [6.45, 7) is 9.99. The molecule has 1 rings (SSSR count). The lowest BCUT2D eigenvalue weighted by molar-refractivity contribution is -0.123. The highest BCUT2D eigenvalue weighted by molar-refractivity contribution is 5.60. The third-order valence-electron chi connectivity index (χ3n) is 3.07. The van der Waals surface area contributed by atoms with Gasteiger partial charge in [0.05, 0.1) is 0 Å². The first-order valence-electron chi connectivity index (χ1n) is 6.10. The molecule has 1 saturated heterocycles. The molecule has 0 unspecified atom stereocenters. The van der Waals surface area contributed by atoms with Gasteiger partial charge in [-0.25, -0.2) is 0 Å². The van der Waals surface area contributed by atoms with Crippen molar-refractivity contribution in [2.45, 2.75) is 33.6 Å². The lowest BCUT2D eigenvalue weighted by atomic mass is 9.81. The van der Waals surface area contributed by atoms with Gasteiger partial charge in [0.15, 0.2) is 0 Å². The van der Waals surface area contributed by atoms with Crippen molar-refractivity contribution in [3.05, 3.63) is 0 Å². The molecule has 1 heterocycles. The normalized spacial score (nSPS) is 21.1. The van der Waals surface area contributed by atoms with E-state index in [1.807, 2.05) is 0 Å². The van der Waals surface area contributed by atoms with Gasteiger partial charge in [-0.15, -0.1) is 0 Å². The monoisotopic (exact) mass is 227 g/mol. The fourth-order valence-electron chi connectivity index (χ4n) is 2.49. The second-order valence-corrected chi connectivity index (χ2v) is 6.33. The Kier molecular flexibility index (Phi) is 4.51. The Hall–Kier alpha value is -0.410. The van der Waals surface area contributed by atoms with Crippen molar-refractivity contribution in [1.29, 1.82) is 0 Å². The Morgan fingerprint density at radius 3 is 2.31 bits per heavy atom. The number of carbonyl (C=O) groups is 1. The number of ether oxygens (including phenoxy) is 1. The molecule has 0 aromatic carbocycles.